The maximum absolute atomic E-state index is 9.46. The van der Waals surface area contributed by atoms with E-state index >= 15 is 0 Å². The molecule has 1 N–H and O–H groups in total. The summed E-state index contributed by atoms with van der Waals surface area (Å²) in [7, 11) is 2.16. The second kappa shape index (κ2) is 16.8. The van der Waals surface area contributed by atoms with Gasteiger partial charge in [-0.3, -0.25) is 0 Å². The van der Waals surface area contributed by atoms with Crippen molar-refractivity contribution in [1.82, 2.24) is 5.32 Å². The summed E-state index contributed by atoms with van der Waals surface area (Å²) in [6, 6.07) is 11.2. The first-order valence-electron chi connectivity index (χ1n) is 11.6. The first kappa shape index (κ1) is 30.3. The molecule has 0 saturated carbocycles. The summed E-state index contributed by atoms with van der Waals surface area (Å²) < 4.78 is 2.56. The van der Waals surface area contributed by atoms with Gasteiger partial charge in [-0.2, -0.15) is 5.26 Å². The van der Waals surface area contributed by atoms with Crippen molar-refractivity contribution in [2.75, 3.05) is 25.0 Å². The summed E-state index contributed by atoms with van der Waals surface area (Å²) in [5, 5.41) is 16.5. The average molecular weight is 482 g/mol. The Bertz CT molecular complexity index is 1030. The van der Waals surface area contributed by atoms with Gasteiger partial charge in [0.05, 0.1) is 10.6 Å². The molecule has 0 amide bonds. The minimum Gasteiger partial charge on any atom is -0.384 e. The predicted octanol–water partition coefficient (Wildman–Crippen LogP) is 8.68. The molecule has 5 heteroatoms. The number of rotatable bonds is 8. The predicted molar refractivity (Wildman–Crippen MR) is 154 cm³/mol. The fraction of sp³-hybridized carbons (Fsp3) is 0.393. The second-order valence-electron chi connectivity index (χ2n) is 6.66. The van der Waals surface area contributed by atoms with Gasteiger partial charge < -0.3 is 10.2 Å². The third-order valence-corrected chi connectivity index (χ3v) is 6.67. The first-order chi connectivity index (χ1) is 16.0. The van der Waals surface area contributed by atoms with Crippen LogP contribution in [0, 0.1) is 24.2 Å². The smallest absolute Gasteiger partial charge is 0.101 e. The fourth-order valence-corrected chi connectivity index (χ4v) is 5.10. The first-order valence-corrected chi connectivity index (χ1v) is 13.3. The monoisotopic (exact) mass is 481 g/mol. The molecule has 0 fully saturated rings. The second-order valence-corrected chi connectivity index (χ2v) is 8.84. The van der Waals surface area contributed by atoms with Gasteiger partial charge >= 0.3 is 0 Å². The summed E-state index contributed by atoms with van der Waals surface area (Å²) in [6.07, 6.45) is 12.1. The lowest BCUT2D eigenvalue weighted by molar-refractivity contribution is 0.783. The number of hydrogen-bond acceptors (Lipinski definition) is 5. The Morgan fingerprint density at radius 2 is 1.61 bits per heavy atom. The zero-order valence-electron chi connectivity index (χ0n) is 21.3. The van der Waals surface area contributed by atoms with E-state index in [0.29, 0.717) is 11.3 Å². The van der Waals surface area contributed by atoms with Crippen molar-refractivity contribution in [3.63, 3.8) is 0 Å². The van der Waals surface area contributed by atoms with Crippen LogP contribution < -0.4 is 10.2 Å². The number of nitrogens with zero attached hydrogens (tertiary/aromatic N) is 2. The summed E-state index contributed by atoms with van der Waals surface area (Å²) in [5.41, 5.74) is 1.29. The van der Waals surface area contributed by atoms with E-state index in [4.69, 9.17) is 0 Å². The van der Waals surface area contributed by atoms with E-state index in [9.17, 15) is 5.26 Å². The third kappa shape index (κ3) is 8.61. The number of terminal acetylenes is 1. The average Bonchev–Trinajstić information content (AvgIpc) is 3.45. The van der Waals surface area contributed by atoms with Gasteiger partial charge in [-0.25, -0.2) is 0 Å². The number of nitriles is 1. The molecule has 0 bridgehead atoms. The molecule has 0 unspecified atom stereocenters. The number of hydrogen-bond donors (Lipinski definition) is 1. The molecule has 0 atom stereocenters. The van der Waals surface area contributed by atoms with Gasteiger partial charge in [-0.1, -0.05) is 48.1 Å². The third-order valence-electron chi connectivity index (χ3n) is 4.42. The highest BCUT2D eigenvalue weighted by atomic mass is 32.1. The van der Waals surface area contributed by atoms with Crippen LogP contribution in [-0.4, -0.2) is 20.1 Å². The normalized spacial score (nSPS) is 10.0. The zero-order valence-corrected chi connectivity index (χ0v) is 22.9. The largest absolute Gasteiger partial charge is 0.384 e. The number of anilines is 1. The Balaban J connectivity index is 0.00000158. The summed E-state index contributed by atoms with van der Waals surface area (Å²) in [5.74, 6) is 0. The molecule has 2 heterocycles. The van der Waals surface area contributed by atoms with Gasteiger partial charge in [0.1, 0.15) is 6.07 Å². The molecule has 0 aliphatic heterocycles. The number of fused-ring (bicyclic) bond motifs is 2. The van der Waals surface area contributed by atoms with Crippen LogP contribution in [-0.2, 0) is 0 Å². The minimum absolute atomic E-state index is 0.597. The van der Waals surface area contributed by atoms with Crippen molar-refractivity contribution in [2.45, 2.75) is 54.4 Å². The van der Waals surface area contributed by atoms with E-state index in [0.717, 1.165) is 30.8 Å². The SMILES string of the molecule is C#C.C=C(NCCC)/C(C#N)=C/c1cc2cc3sc(N(C)CCC)cc3cc2s1.CC.CC. The zero-order chi connectivity index (χ0) is 25.4. The lowest BCUT2D eigenvalue weighted by Gasteiger charge is -2.14. The molecule has 3 aromatic rings. The number of benzene rings is 1. The van der Waals surface area contributed by atoms with Gasteiger partial charge in [0.25, 0.3) is 0 Å². The lowest BCUT2D eigenvalue weighted by Crippen LogP contribution is -2.15. The van der Waals surface area contributed by atoms with Crippen LogP contribution in [0.15, 0.2) is 42.1 Å². The van der Waals surface area contributed by atoms with E-state index in [-0.39, 0.29) is 0 Å². The molecule has 178 valence electrons. The van der Waals surface area contributed by atoms with Crippen molar-refractivity contribution in [2.24, 2.45) is 0 Å². The molecule has 2 aromatic heterocycles. The molecule has 3 nitrogen and oxygen atoms in total. The van der Waals surface area contributed by atoms with E-state index < -0.39 is 0 Å². The summed E-state index contributed by atoms with van der Waals surface area (Å²) >= 11 is 3.56. The minimum atomic E-state index is 0.597. The molecular weight excluding hydrogens is 442 g/mol. The number of thiophene rings is 2. The van der Waals surface area contributed by atoms with E-state index in [1.165, 1.54) is 25.2 Å². The van der Waals surface area contributed by atoms with E-state index in [1.54, 1.807) is 11.3 Å². The molecule has 0 aliphatic carbocycles. The van der Waals surface area contributed by atoms with Gasteiger partial charge in [0.15, 0.2) is 0 Å². The number of allylic oxidation sites excluding steroid dienone is 1. The molecule has 1 aromatic carbocycles. The highest BCUT2D eigenvalue weighted by Crippen LogP contribution is 2.37. The molecule has 3 rings (SSSR count). The Morgan fingerprint density at radius 1 is 1.03 bits per heavy atom. The Kier molecular flexibility index (Phi) is 15.4. The fourth-order valence-electron chi connectivity index (χ4n) is 2.98. The lowest BCUT2D eigenvalue weighted by atomic mass is 10.1. The van der Waals surface area contributed by atoms with Gasteiger partial charge in [0.2, 0.25) is 0 Å². The van der Waals surface area contributed by atoms with Crippen LogP contribution in [0.25, 0.3) is 26.2 Å². The van der Waals surface area contributed by atoms with Crippen LogP contribution in [0.4, 0.5) is 5.00 Å². The standard InChI is InChI=1S/C22H25N3S2.2C2H6.C2H2/c1-5-7-24-15(3)18(14-23)10-19-9-16-11-21-17(12-20(16)26-19)13-22(27-21)25(4)8-6-2;3*1-2/h9-13,24H,3,5-8H2,1-2,4H3;2*1-2H3;1-2H/b18-10+;;;. The molecule has 0 saturated heterocycles. The van der Waals surface area contributed by atoms with Gasteiger partial charge in [-0.05, 0) is 54.0 Å². The topological polar surface area (TPSA) is 39.1 Å². The van der Waals surface area contributed by atoms with Crippen molar-refractivity contribution in [1.29, 1.82) is 5.26 Å². The Hall–Kier alpha value is -2.73. The maximum Gasteiger partial charge on any atom is 0.101 e. The van der Waals surface area contributed by atoms with Crippen molar-refractivity contribution < 1.29 is 0 Å². The Morgan fingerprint density at radius 3 is 2.15 bits per heavy atom. The highest BCUT2D eigenvalue weighted by Gasteiger charge is 2.10. The summed E-state index contributed by atoms with van der Waals surface area (Å²) in [4.78, 5) is 3.41. The van der Waals surface area contributed by atoms with Crippen LogP contribution in [0.2, 0.25) is 0 Å². The van der Waals surface area contributed by atoms with Crippen molar-refractivity contribution in [3.05, 3.63) is 47.0 Å². The van der Waals surface area contributed by atoms with E-state index in [2.05, 4.69) is 80.9 Å². The Labute approximate surface area is 209 Å². The highest BCUT2D eigenvalue weighted by molar-refractivity contribution is 7.23. The van der Waals surface area contributed by atoms with Crippen LogP contribution in [0.5, 0.6) is 0 Å². The van der Waals surface area contributed by atoms with Crippen LogP contribution in [0.1, 0.15) is 59.3 Å². The molecular formula is C28H39N3S2. The number of nitrogens with one attached hydrogen (secondary N) is 1. The van der Waals surface area contributed by atoms with Crippen LogP contribution in [0.3, 0.4) is 0 Å². The van der Waals surface area contributed by atoms with Gasteiger partial charge in [-0.15, -0.1) is 35.5 Å². The quantitative estimate of drug-likeness (QED) is 0.199. The van der Waals surface area contributed by atoms with Crippen molar-refractivity contribution >= 4 is 53.9 Å². The van der Waals surface area contributed by atoms with Crippen molar-refractivity contribution in [3.8, 4) is 18.9 Å². The molecule has 33 heavy (non-hydrogen) atoms. The summed E-state index contributed by atoms with van der Waals surface area (Å²) in [6.45, 7) is 18.2. The molecule has 0 aliphatic rings. The van der Waals surface area contributed by atoms with Gasteiger partial charge in [0, 0.05) is 40.1 Å². The maximum atomic E-state index is 9.46. The molecule has 0 spiro atoms. The van der Waals surface area contributed by atoms with E-state index in [1.807, 2.05) is 45.1 Å². The van der Waals surface area contributed by atoms with Crippen LogP contribution >= 0.6 is 22.7 Å². The molecule has 0 radical (unpaired) electrons.